The molecule has 1 aromatic carbocycles. The van der Waals surface area contributed by atoms with Gasteiger partial charge in [0.15, 0.2) is 5.76 Å². The van der Waals surface area contributed by atoms with Gasteiger partial charge in [-0.2, -0.15) is 0 Å². The Morgan fingerprint density at radius 1 is 1.20 bits per heavy atom. The maximum absolute atomic E-state index is 13.2. The van der Waals surface area contributed by atoms with Crippen LogP contribution in [0.25, 0.3) is 11.0 Å². The summed E-state index contributed by atoms with van der Waals surface area (Å²) in [4.78, 5) is 15.1. The minimum atomic E-state index is -0.0586. The van der Waals surface area contributed by atoms with Crippen LogP contribution in [0, 0.1) is 20.8 Å². The van der Waals surface area contributed by atoms with E-state index < -0.39 is 0 Å². The number of fused-ring (bicyclic) bond motifs is 1. The molecule has 5 heteroatoms. The van der Waals surface area contributed by atoms with E-state index in [1.165, 1.54) is 0 Å². The number of furan rings is 1. The van der Waals surface area contributed by atoms with E-state index in [1.807, 2.05) is 49.9 Å². The first kappa shape index (κ1) is 15.9. The molecule has 0 spiro atoms. The Bertz CT molecular complexity index is 938. The van der Waals surface area contributed by atoms with Crippen molar-refractivity contribution in [2.24, 2.45) is 0 Å². The van der Waals surface area contributed by atoms with Crippen LogP contribution in [-0.4, -0.2) is 22.5 Å². The Labute approximate surface area is 146 Å². The molecule has 1 aliphatic rings. The number of hydrogen-bond donors (Lipinski definition) is 0. The first-order chi connectivity index (χ1) is 12.0. The minimum absolute atomic E-state index is 0.0481. The molecule has 1 aliphatic heterocycles. The fourth-order valence-electron chi connectivity index (χ4n) is 3.69. The monoisotopic (exact) mass is 338 g/mol. The minimum Gasteiger partial charge on any atom is -0.451 e. The van der Waals surface area contributed by atoms with E-state index in [9.17, 15) is 4.79 Å². The smallest absolute Gasteiger partial charge is 0.290 e. The highest BCUT2D eigenvalue weighted by Gasteiger charge is 2.33. The lowest BCUT2D eigenvalue weighted by Crippen LogP contribution is -2.38. The number of amides is 1. The maximum Gasteiger partial charge on any atom is 0.290 e. The predicted octanol–water partition coefficient (Wildman–Crippen LogP) is 4.71. The predicted molar refractivity (Wildman–Crippen MR) is 94.6 cm³/mol. The lowest BCUT2D eigenvalue weighted by molar-refractivity contribution is 0.0570. The van der Waals surface area contributed by atoms with Crippen molar-refractivity contribution in [3.63, 3.8) is 0 Å². The quantitative estimate of drug-likeness (QED) is 0.679. The van der Waals surface area contributed by atoms with Gasteiger partial charge >= 0.3 is 0 Å². The van der Waals surface area contributed by atoms with Crippen LogP contribution in [0.15, 0.2) is 33.2 Å². The number of benzene rings is 1. The van der Waals surface area contributed by atoms with Crippen molar-refractivity contribution in [1.82, 2.24) is 10.1 Å². The zero-order chi connectivity index (χ0) is 17.6. The number of carbonyl (C=O) groups is 1. The molecule has 3 heterocycles. The molecule has 4 rings (SSSR count). The van der Waals surface area contributed by atoms with E-state index in [4.69, 9.17) is 8.94 Å². The lowest BCUT2D eigenvalue weighted by Gasteiger charge is -2.34. The molecule has 1 unspecified atom stereocenters. The van der Waals surface area contributed by atoms with Gasteiger partial charge in [-0.25, -0.2) is 0 Å². The molecular weight excluding hydrogens is 316 g/mol. The van der Waals surface area contributed by atoms with Gasteiger partial charge in [0.1, 0.15) is 17.0 Å². The highest BCUT2D eigenvalue weighted by Crippen LogP contribution is 2.34. The van der Waals surface area contributed by atoms with Crippen LogP contribution in [-0.2, 0) is 0 Å². The number of piperidine rings is 1. The highest BCUT2D eigenvalue weighted by atomic mass is 16.5. The summed E-state index contributed by atoms with van der Waals surface area (Å²) in [6, 6.07) is 7.92. The fourth-order valence-corrected chi connectivity index (χ4v) is 3.69. The Morgan fingerprint density at radius 3 is 2.80 bits per heavy atom. The second kappa shape index (κ2) is 6.06. The number of carbonyl (C=O) groups excluding carboxylic acids is 1. The van der Waals surface area contributed by atoms with Crippen LogP contribution < -0.4 is 0 Å². The number of hydrogen-bond acceptors (Lipinski definition) is 4. The van der Waals surface area contributed by atoms with Crippen molar-refractivity contribution in [1.29, 1.82) is 0 Å². The molecule has 130 valence electrons. The summed E-state index contributed by atoms with van der Waals surface area (Å²) in [7, 11) is 0. The summed E-state index contributed by atoms with van der Waals surface area (Å²) >= 11 is 0. The van der Waals surface area contributed by atoms with Crippen molar-refractivity contribution >= 4 is 16.9 Å². The molecule has 5 nitrogen and oxygen atoms in total. The van der Waals surface area contributed by atoms with E-state index in [0.29, 0.717) is 12.3 Å². The first-order valence-electron chi connectivity index (χ1n) is 8.78. The zero-order valence-electron chi connectivity index (χ0n) is 14.8. The number of nitrogens with zero attached hydrogens (tertiary/aromatic N) is 2. The van der Waals surface area contributed by atoms with Gasteiger partial charge in [-0.3, -0.25) is 4.79 Å². The molecule has 0 N–H and O–H groups in total. The molecule has 1 amide bonds. The third-order valence-electron chi connectivity index (χ3n) is 5.04. The molecule has 0 radical (unpaired) electrons. The molecule has 25 heavy (non-hydrogen) atoms. The molecule has 1 atom stereocenters. The van der Waals surface area contributed by atoms with Gasteiger partial charge in [-0.1, -0.05) is 17.3 Å². The summed E-state index contributed by atoms with van der Waals surface area (Å²) in [5, 5.41) is 5.14. The van der Waals surface area contributed by atoms with E-state index in [-0.39, 0.29) is 11.9 Å². The van der Waals surface area contributed by atoms with Gasteiger partial charge in [0, 0.05) is 23.6 Å². The second-order valence-corrected chi connectivity index (χ2v) is 6.93. The summed E-state index contributed by atoms with van der Waals surface area (Å²) in [6.45, 7) is 6.56. The van der Waals surface area contributed by atoms with Crippen LogP contribution >= 0.6 is 0 Å². The van der Waals surface area contributed by atoms with E-state index in [1.54, 1.807) is 0 Å². The molecule has 0 bridgehead atoms. The van der Waals surface area contributed by atoms with Gasteiger partial charge in [0.2, 0.25) is 0 Å². The molecule has 0 saturated carbocycles. The molecule has 3 aromatic rings. The SMILES string of the molecule is Cc1ccc2c(C)c(C(=O)N3CCCCC3c3cc(C)on3)oc2c1. The van der Waals surface area contributed by atoms with Crippen LogP contribution in [0.5, 0.6) is 0 Å². The van der Waals surface area contributed by atoms with Crippen molar-refractivity contribution in [3.8, 4) is 0 Å². The summed E-state index contributed by atoms with van der Waals surface area (Å²) in [5.41, 5.74) is 3.62. The fraction of sp³-hybridized carbons (Fsp3) is 0.400. The first-order valence-corrected chi connectivity index (χ1v) is 8.78. The van der Waals surface area contributed by atoms with Crippen molar-refractivity contribution < 1.29 is 13.7 Å². The van der Waals surface area contributed by atoms with E-state index in [0.717, 1.165) is 52.8 Å². The van der Waals surface area contributed by atoms with Gasteiger partial charge in [-0.05, 0) is 51.7 Å². The second-order valence-electron chi connectivity index (χ2n) is 6.93. The van der Waals surface area contributed by atoms with Crippen molar-refractivity contribution in [3.05, 3.63) is 52.6 Å². The molecule has 1 saturated heterocycles. The summed E-state index contributed by atoms with van der Waals surface area (Å²) < 4.78 is 11.2. The highest BCUT2D eigenvalue weighted by molar-refractivity contribution is 5.99. The standard InChI is InChI=1S/C20H22N2O3/c1-12-7-8-15-14(3)19(24-18(15)10-12)20(23)22-9-5-4-6-17(22)16-11-13(2)25-21-16/h7-8,10-11,17H,4-6,9H2,1-3H3. The Morgan fingerprint density at radius 2 is 2.04 bits per heavy atom. The molecule has 0 aliphatic carbocycles. The molecular formula is C20H22N2O3. The molecule has 1 fully saturated rings. The van der Waals surface area contributed by atoms with Gasteiger partial charge in [-0.15, -0.1) is 0 Å². The summed E-state index contributed by atoms with van der Waals surface area (Å²) in [5.74, 6) is 1.15. The van der Waals surface area contributed by atoms with Crippen LogP contribution in [0.2, 0.25) is 0 Å². The third-order valence-corrected chi connectivity index (χ3v) is 5.04. The van der Waals surface area contributed by atoms with E-state index >= 15 is 0 Å². The largest absolute Gasteiger partial charge is 0.451 e. The van der Waals surface area contributed by atoms with E-state index in [2.05, 4.69) is 5.16 Å². The zero-order valence-corrected chi connectivity index (χ0v) is 14.8. The van der Waals surface area contributed by atoms with Gasteiger partial charge in [0.05, 0.1) is 6.04 Å². The normalized spacial score (nSPS) is 18.0. The Hall–Kier alpha value is -2.56. The number of rotatable bonds is 2. The molecule has 2 aromatic heterocycles. The topological polar surface area (TPSA) is 59.5 Å². The Kier molecular flexibility index (Phi) is 3.86. The number of aromatic nitrogens is 1. The van der Waals surface area contributed by atoms with Gasteiger partial charge in [0.25, 0.3) is 5.91 Å². The third kappa shape index (κ3) is 2.73. The lowest BCUT2D eigenvalue weighted by atomic mass is 9.98. The Balaban J connectivity index is 1.72. The maximum atomic E-state index is 13.2. The number of likely N-dealkylation sites (tertiary alicyclic amines) is 1. The van der Waals surface area contributed by atoms with Crippen LogP contribution in [0.1, 0.15) is 58.4 Å². The van der Waals surface area contributed by atoms with Crippen molar-refractivity contribution in [2.45, 2.75) is 46.1 Å². The van der Waals surface area contributed by atoms with Gasteiger partial charge < -0.3 is 13.8 Å². The van der Waals surface area contributed by atoms with Crippen LogP contribution in [0.4, 0.5) is 0 Å². The van der Waals surface area contributed by atoms with Crippen molar-refractivity contribution in [2.75, 3.05) is 6.54 Å². The van der Waals surface area contributed by atoms with Crippen LogP contribution in [0.3, 0.4) is 0 Å². The number of aryl methyl sites for hydroxylation is 3. The average Bonchev–Trinajstić information content (AvgIpc) is 3.18. The summed E-state index contributed by atoms with van der Waals surface area (Å²) in [6.07, 6.45) is 2.98. The average molecular weight is 338 g/mol.